The van der Waals surface area contributed by atoms with Crippen molar-refractivity contribution >= 4 is 0 Å². The molecule has 0 spiro atoms. The molecule has 0 aromatic carbocycles. The lowest BCUT2D eigenvalue weighted by atomic mass is 10.3. The maximum Gasteiger partial charge on any atom is 0.0949 e. The molecule has 0 radical (unpaired) electrons. The van der Waals surface area contributed by atoms with Gasteiger partial charge in [-0.05, 0) is 13.8 Å². The Bertz CT molecular complexity index is 247. The van der Waals surface area contributed by atoms with Crippen molar-refractivity contribution in [1.29, 1.82) is 0 Å². The van der Waals surface area contributed by atoms with Crippen LogP contribution in [0.3, 0.4) is 0 Å². The van der Waals surface area contributed by atoms with Crippen molar-refractivity contribution in [2.45, 2.75) is 33.0 Å². The number of imidazole rings is 1. The molecule has 1 rings (SSSR count). The second-order valence-electron chi connectivity index (χ2n) is 3.01. The van der Waals surface area contributed by atoms with E-state index in [1.165, 1.54) is 0 Å². The van der Waals surface area contributed by atoms with Crippen LogP contribution < -0.4 is 5.73 Å². The summed E-state index contributed by atoms with van der Waals surface area (Å²) in [6, 6.07) is 0. The number of nitrogens with two attached hydrogens (primary N) is 1. The maximum absolute atomic E-state index is 5.54. The summed E-state index contributed by atoms with van der Waals surface area (Å²) < 4.78 is 7.45. The van der Waals surface area contributed by atoms with Crippen LogP contribution in [-0.4, -0.2) is 22.3 Å². The highest BCUT2D eigenvalue weighted by Crippen LogP contribution is 2.02. The topological polar surface area (TPSA) is 53.1 Å². The van der Waals surface area contributed by atoms with Crippen LogP contribution in [0.4, 0.5) is 0 Å². The summed E-state index contributed by atoms with van der Waals surface area (Å²) in [6.45, 7) is 6.13. The van der Waals surface area contributed by atoms with E-state index in [2.05, 4.69) is 4.98 Å². The third-order valence-electron chi connectivity index (χ3n) is 1.91. The summed E-state index contributed by atoms with van der Waals surface area (Å²) in [5.74, 6) is 0. The molecule has 2 N–H and O–H groups in total. The van der Waals surface area contributed by atoms with Crippen LogP contribution in [0.25, 0.3) is 0 Å². The van der Waals surface area contributed by atoms with Crippen LogP contribution in [-0.2, 0) is 17.8 Å². The minimum atomic E-state index is 0.212. The van der Waals surface area contributed by atoms with E-state index in [0.29, 0.717) is 6.54 Å². The highest BCUT2D eigenvalue weighted by atomic mass is 16.5. The number of hydrogen-bond acceptors (Lipinski definition) is 3. The first kappa shape index (κ1) is 10.2. The molecular weight excluding hydrogens is 166 g/mol. The largest absolute Gasteiger partial charge is 0.377 e. The van der Waals surface area contributed by atoms with E-state index < -0.39 is 0 Å². The zero-order valence-corrected chi connectivity index (χ0v) is 8.23. The van der Waals surface area contributed by atoms with E-state index >= 15 is 0 Å². The molecule has 0 saturated carbocycles. The third kappa shape index (κ3) is 2.82. The number of ether oxygens (including phenoxy) is 1. The summed E-state index contributed by atoms with van der Waals surface area (Å²) in [5.41, 5.74) is 6.59. The summed E-state index contributed by atoms with van der Waals surface area (Å²) in [6.07, 6.45) is 3.79. The van der Waals surface area contributed by atoms with Gasteiger partial charge in [0.05, 0.1) is 18.1 Å². The summed E-state index contributed by atoms with van der Waals surface area (Å²) in [5, 5.41) is 0. The van der Waals surface area contributed by atoms with Crippen LogP contribution in [0.2, 0.25) is 0 Å². The molecule has 1 atom stereocenters. The van der Waals surface area contributed by atoms with Gasteiger partial charge in [-0.1, -0.05) is 0 Å². The van der Waals surface area contributed by atoms with E-state index in [-0.39, 0.29) is 6.10 Å². The molecule has 0 bridgehead atoms. The fourth-order valence-corrected chi connectivity index (χ4v) is 1.30. The molecule has 0 aliphatic carbocycles. The first-order chi connectivity index (χ1) is 6.27. The molecule has 0 aliphatic rings. The maximum atomic E-state index is 5.54. The Morgan fingerprint density at radius 3 is 3.08 bits per heavy atom. The fourth-order valence-electron chi connectivity index (χ4n) is 1.30. The molecular formula is C9H17N3O. The van der Waals surface area contributed by atoms with Crippen molar-refractivity contribution in [3.8, 4) is 0 Å². The Morgan fingerprint density at radius 1 is 1.69 bits per heavy atom. The number of rotatable bonds is 5. The lowest BCUT2D eigenvalue weighted by Crippen LogP contribution is -2.18. The summed E-state index contributed by atoms with van der Waals surface area (Å²) in [4.78, 5) is 4.03. The molecule has 1 aromatic rings. The number of aromatic nitrogens is 2. The predicted molar refractivity (Wildman–Crippen MR) is 51.2 cm³/mol. The fraction of sp³-hybridized carbons (Fsp3) is 0.667. The van der Waals surface area contributed by atoms with Crippen molar-refractivity contribution in [1.82, 2.24) is 9.55 Å². The molecule has 1 aromatic heterocycles. The quantitative estimate of drug-likeness (QED) is 0.733. The molecule has 1 heterocycles. The Labute approximate surface area is 78.7 Å². The number of hydrogen-bond donors (Lipinski definition) is 1. The number of nitrogens with zero attached hydrogens (tertiary/aromatic N) is 2. The van der Waals surface area contributed by atoms with Crippen molar-refractivity contribution in [3.05, 3.63) is 18.2 Å². The lowest BCUT2D eigenvalue weighted by Gasteiger charge is -2.13. The van der Waals surface area contributed by atoms with E-state index in [1.54, 1.807) is 12.5 Å². The molecule has 0 saturated heterocycles. The van der Waals surface area contributed by atoms with Crippen LogP contribution in [0.5, 0.6) is 0 Å². The van der Waals surface area contributed by atoms with Gasteiger partial charge in [0.1, 0.15) is 0 Å². The van der Waals surface area contributed by atoms with E-state index in [0.717, 1.165) is 18.8 Å². The Balaban J connectivity index is 2.52. The van der Waals surface area contributed by atoms with Gasteiger partial charge in [-0.2, -0.15) is 0 Å². The van der Waals surface area contributed by atoms with Gasteiger partial charge >= 0.3 is 0 Å². The van der Waals surface area contributed by atoms with Gasteiger partial charge < -0.3 is 15.0 Å². The van der Waals surface area contributed by atoms with Crippen molar-refractivity contribution in [2.75, 3.05) is 6.61 Å². The summed E-state index contributed by atoms with van der Waals surface area (Å²) >= 11 is 0. The van der Waals surface area contributed by atoms with Gasteiger partial charge in [-0.3, -0.25) is 0 Å². The van der Waals surface area contributed by atoms with Crippen LogP contribution in [0.15, 0.2) is 12.5 Å². The van der Waals surface area contributed by atoms with Gasteiger partial charge in [0, 0.05) is 25.9 Å². The van der Waals surface area contributed by atoms with Crippen LogP contribution >= 0.6 is 0 Å². The highest BCUT2D eigenvalue weighted by Gasteiger charge is 2.05. The molecule has 4 heteroatoms. The van der Waals surface area contributed by atoms with Crippen LogP contribution in [0.1, 0.15) is 19.5 Å². The molecule has 0 amide bonds. The second kappa shape index (κ2) is 4.99. The molecule has 4 nitrogen and oxygen atoms in total. The van der Waals surface area contributed by atoms with Gasteiger partial charge in [-0.15, -0.1) is 0 Å². The van der Waals surface area contributed by atoms with Crippen molar-refractivity contribution in [2.24, 2.45) is 5.73 Å². The standard InChI is InChI=1S/C9H17N3O/c1-3-13-8(2)6-12-7-11-5-9(12)4-10/h5,7-8H,3-4,6,10H2,1-2H3. The summed E-state index contributed by atoms with van der Waals surface area (Å²) in [7, 11) is 0. The minimum absolute atomic E-state index is 0.212. The Hall–Kier alpha value is -0.870. The average Bonchev–Trinajstić information content (AvgIpc) is 2.52. The van der Waals surface area contributed by atoms with Crippen molar-refractivity contribution in [3.63, 3.8) is 0 Å². The second-order valence-corrected chi connectivity index (χ2v) is 3.01. The van der Waals surface area contributed by atoms with E-state index in [4.69, 9.17) is 10.5 Å². The Morgan fingerprint density at radius 2 is 2.46 bits per heavy atom. The highest BCUT2D eigenvalue weighted by molar-refractivity contribution is 4.97. The Kier molecular flexibility index (Phi) is 3.92. The predicted octanol–water partition coefficient (Wildman–Crippen LogP) is 0.767. The SMILES string of the molecule is CCOC(C)Cn1cncc1CN. The molecule has 0 fully saturated rings. The molecule has 1 unspecified atom stereocenters. The monoisotopic (exact) mass is 183 g/mol. The molecule has 74 valence electrons. The first-order valence-corrected chi connectivity index (χ1v) is 4.58. The van der Waals surface area contributed by atoms with Gasteiger partial charge in [-0.25, -0.2) is 4.98 Å². The van der Waals surface area contributed by atoms with Gasteiger partial charge in [0.25, 0.3) is 0 Å². The smallest absolute Gasteiger partial charge is 0.0949 e. The third-order valence-corrected chi connectivity index (χ3v) is 1.91. The van der Waals surface area contributed by atoms with E-state index in [9.17, 15) is 0 Å². The molecule has 13 heavy (non-hydrogen) atoms. The van der Waals surface area contributed by atoms with Crippen molar-refractivity contribution < 1.29 is 4.74 Å². The molecule has 0 aliphatic heterocycles. The first-order valence-electron chi connectivity index (χ1n) is 4.58. The average molecular weight is 183 g/mol. The van der Waals surface area contributed by atoms with Crippen LogP contribution in [0, 0.1) is 0 Å². The minimum Gasteiger partial charge on any atom is -0.377 e. The zero-order valence-electron chi connectivity index (χ0n) is 8.23. The normalized spacial score (nSPS) is 13.2. The zero-order chi connectivity index (χ0) is 9.68. The van der Waals surface area contributed by atoms with Gasteiger partial charge in [0.2, 0.25) is 0 Å². The van der Waals surface area contributed by atoms with Gasteiger partial charge in [0.15, 0.2) is 0 Å². The lowest BCUT2D eigenvalue weighted by molar-refractivity contribution is 0.0635. The van der Waals surface area contributed by atoms with E-state index in [1.807, 2.05) is 18.4 Å².